The van der Waals surface area contributed by atoms with Crippen LogP contribution >= 0.6 is 23.8 Å². The maximum Gasteiger partial charge on any atom is 0.173 e. The quantitative estimate of drug-likeness (QED) is 0.516. The maximum absolute atomic E-state index is 6.31. The second kappa shape index (κ2) is 10.1. The molecule has 1 aliphatic heterocycles. The molecule has 2 aromatic rings. The Kier molecular flexibility index (Phi) is 7.24. The summed E-state index contributed by atoms with van der Waals surface area (Å²) in [5.74, 6) is 0.668. The lowest BCUT2D eigenvalue weighted by Crippen LogP contribution is -2.41. The summed E-state index contributed by atoms with van der Waals surface area (Å²) in [4.78, 5) is 4.86. The number of aryl methyl sites for hydroxylation is 1. The number of thiocarbonyl (C=S) groups is 1. The van der Waals surface area contributed by atoms with E-state index in [0.717, 1.165) is 36.9 Å². The van der Waals surface area contributed by atoms with Crippen LogP contribution in [0.15, 0.2) is 36.4 Å². The summed E-state index contributed by atoms with van der Waals surface area (Å²) >= 11 is 12.2. The van der Waals surface area contributed by atoms with Gasteiger partial charge in [-0.2, -0.15) is 0 Å². The minimum Gasteiger partial charge on any atom is -0.495 e. The number of hydrogen-bond donors (Lipinski definition) is 1. The molecule has 1 N–H and O–H groups in total. The molecule has 1 aliphatic carbocycles. The van der Waals surface area contributed by atoms with E-state index in [0.29, 0.717) is 16.8 Å². The van der Waals surface area contributed by atoms with E-state index in [-0.39, 0.29) is 0 Å². The number of fused-ring (bicyclic) bond motifs is 1. The van der Waals surface area contributed by atoms with Crippen molar-refractivity contribution < 1.29 is 4.74 Å². The molecule has 0 atom stereocenters. The molecule has 1 heterocycles. The molecular formula is C25H32ClN3OS. The Hall–Kier alpha value is -1.98. The highest BCUT2D eigenvalue weighted by atomic mass is 35.5. The molecular weight excluding hydrogens is 426 g/mol. The first-order valence-electron chi connectivity index (χ1n) is 11.4. The minimum absolute atomic E-state index is 0.483. The van der Waals surface area contributed by atoms with E-state index in [1.54, 1.807) is 7.11 Å². The van der Waals surface area contributed by atoms with Crippen LogP contribution in [0.4, 0.5) is 11.4 Å². The van der Waals surface area contributed by atoms with Gasteiger partial charge in [0.05, 0.1) is 12.1 Å². The Balaban J connectivity index is 1.53. The van der Waals surface area contributed by atoms with Gasteiger partial charge in [-0.3, -0.25) is 0 Å². The fraction of sp³-hybridized carbons (Fsp3) is 0.480. The minimum atomic E-state index is 0.483. The molecule has 2 aromatic carbocycles. The molecule has 0 spiro atoms. The van der Waals surface area contributed by atoms with Gasteiger partial charge in [-0.15, -0.1) is 0 Å². The van der Waals surface area contributed by atoms with E-state index in [1.165, 1.54) is 48.9 Å². The summed E-state index contributed by atoms with van der Waals surface area (Å²) in [5.41, 5.74) is 5.10. The smallest absolute Gasteiger partial charge is 0.173 e. The molecule has 0 bridgehead atoms. The van der Waals surface area contributed by atoms with Gasteiger partial charge in [0.15, 0.2) is 5.11 Å². The Morgan fingerprint density at radius 1 is 1.19 bits per heavy atom. The van der Waals surface area contributed by atoms with Crippen LogP contribution in [-0.2, 0) is 13.0 Å². The van der Waals surface area contributed by atoms with Crippen LogP contribution in [0.25, 0.3) is 0 Å². The van der Waals surface area contributed by atoms with E-state index in [1.807, 2.05) is 18.2 Å². The molecule has 0 aromatic heterocycles. The summed E-state index contributed by atoms with van der Waals surface area (Å²) < 4.78 is 5.27. The Labute approximate surface area is 196 Å². The molecule has 0 unspecified atom stereocenters. The number of nitrogens with one attached hydrogen (secondary N) is 1. The first-order chi connectivity index (χ1) is 15.1. The van der Waals surface area contributed by atoms with Crippen molar-refractivity contribution in [3.63, 3.8) is 0 Å². The average molecular weight is 458 g/mol. The van der Waals surface area contributed by atoms with E-state index in [2.05, 4.69) is 40.2 Å². The van der Waals surface area contributed by atoms with Gasteiger partial charge in [0.1, 0.15) is 5.75 Å². The standard InChI is InChI=1S/C25H32ClN3OS/c1-3-28-14-6-7-19-15-18(10-12-23(19)28)17-29(21-8-4-5-9-21)25(31)27-20-11-13-24(30-2)22(26)16-20/h10-13,15-16,21H,3-9,14,17H2,1-2H3,(H,27,31). The van der Waals surface area contributed by atoms with Gasteiger partial charge in [0, 0.05) is 37.1 Å². The number of hydrogen-bond acceptors (Lipinski definition) is 3. The summed E-state index contributed by atoms with van der Waals surface area (Å²) in [6.07, 6.45) is 7.33. The second-order valence-corrected chi connectivity index (χ2v) is 9.29. The zero-order valence-electron chi connectivity index (χ0n) is 18.5. The van der Waals surface area contributed by atoms with Crippen LogP contribution in [0.1, 0.15) is 50.2 Å². The lowest BCUT2D eigenvalue weighted by atomic mass is 9.99. The van der Waals surface area contributed by atoms with Crippen LogP contribution in [0, 0.1) is 0 Å². The van der Waals surface area contributed by atoms with Crippen molar-refractivity contribution in [2.75, 3.05) is 30.4 Å². The average Bonchev–Trinajstić information content (AvgIpc) is 3.31. The monoisotopic (exact) mass is 457 g/mol. The molecule has 166 valence electrons. The molecule has 6 heteroatoms. The SMILES string of the molecule is CCN1CCCc2cc(CN(C(=S)Nc3ccc(OC)c(Cl)c3)C3CCCC3)ccc21. The summed E-state index contributed by atoms with van der Waals surface area (Å²) in [6, 6.07) is 13.2. The van der Waals surface area contributed by atoms with Gasteiger partial charge in [0.2, 0.25) is 0 Å². The van der Waals surface area contributed by atoms with Crippen LogP contribution in [0.2, 0.25) is 5.02 Å². The fourth-order valence-corrected chi connectivity index (χ4v) is 5.46. The van der Waals surface area contributed by atoms with Gasteiger partial charge >= 0.3 is 0 Å². The molecule has 0 radical (unpaired) electrons. The Morgan fingerprint density at radius 3 is 2.71 bits per heavy atom. The second-order valence-electron chi connectivity index (χ2n) is 8.49. The van der Waals surface area contributed by atoms with Crippen molar-refractivity contribution >= 4 is 40.3 Å². The number of benzene rings is 2. The topological polar surface area (TPSA) is 27.7 Å². The van der Waals surface area contributed by atoms with Crippen LogP contribution in [0.3, 0.4) is 0 Å². The summed E-state index contributed by atoms with van der Waals surface area (Å²) in [5, 5.41) is 4.77. The van der Waals surface area contributed by atoms with E-state index >= 15 is 0 Å². The largest absolute Gasteiger partial charge is 0.495 e. The first kappa shape index (κ1) is 22.2. The highest BCUT2D eigenvalue weighted by Gasteiger charge is 2.26. The van der Waals surface area contributed by atoms with Crippen LogP contribution < -0.4 is 15.0 Å². The van der Waals surface area contributed by atoms with Crippen molar-refractivity contribution in [3.8, 4) is 5.75 Å². The van der Waals surface area contributed by atoms with E-state index in [9.17, 15) is 0 Å². The highest BCUT2D eigenvalue weighted by molar-refractivity contribution is 7.80. The van der Waals surface area contributed by atoms with E-state index < -0.39 is 0 Å². The zero-order chi connectivity index (χ0) is 21.8. The van der Waals surface area contributed by atoms with Crippen molar-refractivity contribution in [2.24, 2.45) is 0 Å². The molecule has 1 fully saturated rings. The normalized spacial score (nSPS) is 16.2. The number of ether oxygens (including phenoxy) is 1. The number of anilines is 2. The lowest BCUT2D eigenvalue weighted by molar-refractivity contribution is 0.312. The molecule has 4 nitrogen and oxygen atoms in total. The van der Waals surface area contributed by atoms with Gasteiger partial charge in [0.25, 0.3) is 0 Å². The molecule has 2 aliphatic rings. The third-order valence-corrected chi connectivity index (χ3v) is 7.15. The summed E-state index contributed by atoms with van der Waals surface area (Å²) in [6.45, 7) is 5.30. The van der Waals surface area contributed by atoms with Crippen molar-refractivity contribution in [3.05, 3.63) is 52.5 Å². The number of nitrogens with zero attached hydrogens (tertiary/aromatic N) is 2. The third kappa shape index (κ3) is 5.09. The molecule has 1 saturated carbocycles. The van der Waals surface area contributed by atoms with Crippen LogP contribution in [0.5, 0.6) is 5.75 Å². The number of halogens is 1. The highest BCUT2D eigenvalue weighted by Crippen LogP contribution is 2.31. The van der Waals surface area contributed by atoms with Crippen molar-refractivity contribution in [2.45, 2.75) is 58.0 Å². The predicted octanol–water partition coefficient (Wildman–Crippen LogP) is 6.26. The number of rotatable bonds is 6. The van der Waals surface area contributed by atoms with E-state index in [4.69, 9.17) is 28.6 Å². The third-order valence-electron chi connectivity index (χ3n) is 6.52. The van der Waals surface area contributed by atoms with Crippen LogP contribution in [-0.4, -0.2) is 36.3 Å². The molecule has 4 rings (SSSR count). The predicted molar refractivity (Wildman–Crippen MR) is 135 cm³/mol. The molecule has 31 heavy (non-hydrogen) atoms. The van der Waals surface area contributed by atoms with Crippen molar-refractivity contribution in [1.82, 2.24) is 4.90 Å². The van der Waals surface area contributed by atoms with Crippen molar-refractivity contribution in [1.29, 1.82) is 0 Å². The van der Waals surface area contributed by atoms with Gasteiger partial charge < -0.3 is 19.9 Å². The molecule has 0 amide bonds. The fourth-order valence-electron chi connectivity index (χ4n) is 4.87. The zero-order valence-corrected chi connectivity index (χ0v) is 20.1. The Morgan fingerprint density at radius 2 is 2.00 bits per heavy atom. The maximum atomic E-state index is 6.31. The Bertz CT molecular complexity index is 929. The molecule has 0 saturated heterocycles. The van der Waals surface area contributed by atoms with Gasteiger partial charge in [-0.25, -0.2) is 0 Å². The first-order valence-corrected chi connectivity index (χ1v) is 12.2. The van der Waals surface area contributed by atoms with Gasteiger partial charge in [-0.1, -0.05) is 36.6 Å². The lowest BCUT2D eigenvalue weighted by Gasteiger charge is -2.33. The number of methoxy groups -OCH3 is 1. The van der Waals surface area contributed by atoms with Gasteiger partial charge in [-0.05, 0) is 80.2 Å². The summed E-state index contributed by atoms with van der Waals surface area (Å²) in [7, 11) is 1.62.